The minimum Gasteiger partial charge on any atom is -0.388 e. The van der Waals surface area contributed by atoms with Gasteiger partial charge in [0, 0.05) is 6.92 Å². The first-order valence-corrected chi connectivity index (χ1v) is 4.08. The molecule has 0 aliphatic rings. The molecule has 1 unspecified atom stereocenters. The zero-order chi connectivity index (χ0) is 9.78. The van der Waals surface area contributed by atoms with Gasteiger partial charge in [0.2, 0.25) is 5.91 Å². The highest BCUT2D eigenvalue weighted by molar-refractivity contribution is 5.72. The third-order valence-electron chi connectivity index (χ3n) is 1.51. The summed E-state index contributed by atoms with van der Waals surface area (Å²) in [4.78, 5) is 10.6. The van der Waals surface area contributed by atoms with Crippen LogP contribution in [-0.2, 0) is 4.79 Å². The van der Waals surface area contributed by atoms with Crippen LogP contribution in [0.4, 0.5) is 0 Å². The summed E-state index contributed by atoms with van der Waals surface area (Å²) in [6, 6.07) is 0. The minimum atomic E-state index is -0.339. The van der Waals surface area contributed by atoms with E-state index >= 15 is 0 Å². The Morgan fingerprint density at radius 2 is 2.08 bits per heavy atom. The summed E-state index contributed by atoms with van der Waals surface area (Å²) in [5.41, 5.74) is 0. The van der Waals surface area contributed by atoms with Crippen molar-refractivity contribution in [1.82, 2.24) is 5.32 Å². The molecule has 12 heavy (non-hydrogen) atoms. The van der Waals surface area contributed by atoms with Crippen LogP contribution in [0.25, 0.3) is 0 Å². The van der Waals surface area contributed by atoms with E-state index in [4.69, 9.17) is 5.11 Å². The van der Waals surface area contributed by atoms with Crippen LogP contribution in [-0.4, -0.2) is 48.9 Å². The number of aliphatic hydroxyl groups excluding tert-OH is 1. The first-order valence-electron chi connectivity index (χ1n) is 4.08. The van der Waals surface area contributed by atoms with Crippen LogP contribution in [0.2, 0.25) is 0 Å². The fraction of sp³-hybridized carbons (Fsp3) is 0.875. The van der Waals surface area contributed by atoms with E-state index in [2.05, 4.69) is 5.32 Å². The molecule has 0 aromatic heterocycles. The zero-order valence-electron chi connectivity index (χ0n) is 8.29. The number of likely N-dealkylation sites (N-methyl/N-ethyl adjacent to an activating group) is 1. The molecule has 0 aromatic rings. The van der Waals surface area contributed by atoms with Gasteiger partial charge in [-0.3, -0.25) is 4.79 Å². The second-order valence-electron chi connectivity index (χ2n) is 3.86. The number of nitrogens with zero attached hydrogens (tertiary/aromatic N) is 1. The van der Waals surface area contributed by atoms with Gasteiger partial charge >= 0.3 is 0 Å². The first kappa shape index (κ1) is 11.4. The summed E-state index contributed by atoms with van der Waals surface area (Å²) in [7, 11) is 3.92. The summed E-state index contributed by atoms with van der Waals surface area (Å²) >= 11 is 0. The van der Waals surface area contributed by atoms with Gasteiger partial charge in [0.1, 0.15) is 12.6 Å². The molecule has 0 aromatic carbocycles. The van der Waals surface area contributed by atoms with Crippen LogP contribution in [0.5, 0.6) is 0 Å². The molecule has 0 saturated carbocycles. The third kappa shape index (κ3) is 6.12. The highest BCUT2D eigenvalue weighted by Crippen LogP contribution is 1.96. The Morgan fingerprint density at radius 3 is 2.42 bits per heavy atom. The molecular weight excluding hydrogens is 156 g/mol. The van der Waals surface area contributed by atoms with Gasteiger partial charge in [-0.1, -0.05) is 0 Å². The molecule has 0 heterocycles. The maximum atomic E-state index is 10.6. The fourth-order valence-electron chi connectivity index (χ4n) is 1.11. The molecule has 0 aliphatic heterocycles. The topological polar surface area (TPSA) is 49.3 Å². The second-order valence-corrected chi connectivity index (χ2v) is 3.86. The van der Waals surface area contributed by atoms with E-state index in [9.17, 15) is 4.79 Å². The third-order valence-corrected chi connectivity index (χ3v) is 1.51. The van der Waals surface area contributed by atoms with E-state index < -0.39 is 0 Å². The van der Waals surface area contributed by atoms with Gasteiger partial charge in [-0.05, 0) is 6.92 Å². The molecular formula is C8H19N2O2+. The number of aliphatic hydroxyl groups is 1. The lowest BCUT2D eigenvalue weighted by molar-refractivity contribution is -0.894. The summed E-state index contributed by atoms with van der Waals surface area (Å²) in [5, 5.41) is 11.8. The largest absolute Gasteiger partial charge is 0.388 e. The lowest BCUT2D eigenvalue weighted by atomic mass is 10.3. The van der Waals surface area contributed by atoms with Crippen LogP contribution in [0, 0.1) is 0 Å². The van der Waals surface area contributed by atoms with E-state index in [1.165, 1.54) is 6.92 Å². The Labute approximate surface area is 73.8 Å². The van der Waals surface area contributed by atoms with Gasteiger partial charge in [0.25, 0.3) is 0 Å². The number of quaternary nitrogens is 1. The second kappa shape index (κ2) is 4.42. The average Bonchev–Trinajstić information content (AvgIpc) is 1.81. The molecule has 1 atom stereocenters. The molecule has 0 fully saturated rings. The molecule has 0 radical (unpaired) electrons. The van der Waals surface area contributed by atoms with E-state index in [-0.39, 0.29) is 12.0 Å². The number of amides is 1. The zero-order valence-corrected chi connectivity index (χ0v) is 8.29. The maximum Gasteiger partial charge on any atom is 0.221 e. The molecule has 4 nitrogen and oxygen atoms in total. The molecule has 0 spiro atoms. The van der Waals surface area contributed by atoms with E-state index in [1.54, 1.807) is 6.92 Å². The molecule has 72 valence electrons. The number of carbonyl (C=O) groups excluding carboxylic acids is 1. The van der Waals surface area contributed by atoms with Crippen molar-refractivity contribution in [3.05, 3.63) is 0 Å². The summed E-state index contributed by atoms with van der Waals surface area (Å²) in [5.74, 6) is -0.0354. The van der Waals surface area contributed by atoms with Gasteiger partial charge < -0.3 is 14.9 Å². The van der Waals surface area contributed by atoms with Gasteiger partial charge in [0.05, 0.1) is 14.1 Å². The molecule has 0 saturated heterocycles. The predicted molar refractivity (Wildman–Crippen MR) is 47.3 cm³/mol. The van der Waals surface area contributed by atoms with Crippen LogP contribution in [0.15, 0.2) is 0 Å². The van der Waals surface area contributed by atoms with Gasteiger partial charge in [0.15, 0.2) is 6.67 Å². The van der Waals surface area contributed by atoms with E-state index in [1.807, 2.05) is 14.1 Å². The molecule has 0 aliphatic carbocycles. The lowest BCUT2D eigenvalue weighted by Crippen LogP contribution is -2.51. The number of nitrogens with one attached hydrogen (secondary N) is 1. The fourth-order valence-corrected chi connectivity index (χ4v) is 1.11. The first-order chi connectivity index (χ1) is 5.33. The smallest absolute Gasteiger partial charge is 0.221 e. The van der Waals surface area contributed by atoms with E-state index in [0.29, 0.717) is 17.7 Å². The lowest BCUT2D eigenvalue weighted by Gasteiger charge is -2.30. The van der Waals surface area contributed by atoms with Crippen molar-refractivity contribution in [2.75, 3.05) is 27.3 Å². The monoisotopic (exact) mass is 175 g/mol. The van der Waals surface area contributed by atoms with Crippen molar-refractivity contribution >= 4 is 5.91 Å². The minimum absolute atomic E-state index is 0.0354. The Balaban J connectivity index is 3.78. The Bertz CT molecular complexity index is 155. The van der Waals surface area contributed by atoms with Gasteiger partial charge in [-0.15, -0.1) is 0 Å². The van der Waals surface area contributed by atoms with Crippen LogP contribution >= 0.6 is 0 Å². The summed E-state index contributed by atoms with van der Waals surface area (Å²) in [6.45, 7) is 4.43. The van der Waals surface area contributed by atoms with Crippen molar-refractivity contribution in [2.24, 2.45) is 0 Å². The molecule has 2 N–H and O–H groups in total. The highest BCUT2D eigenvalue weighted by Gasteiger charge is 2.17. The SMILES string of the molecule is CC(=O)NC[N+](C)(C)CC(C)O. The number of rotatable bonds is 4. The molecule has 0 bridgehead atoms. The van der Waals surface area contributed by atoms with Crippen LogP contribution < -0.4 is 5.32 Å². The van der Waals surface area contributed by atoms with Crippen molar-refractivity contribution in [1.29, 1.82) is 0 Å². The van der Waals surface area contributed by atoms with Crippen LogP contribution in [0.3, 0.4) is 0 Å². The van der Waals surface area contributed by atoms with Crippen molar-refractivity contribution in [2.45, 2.75) is 20.0 Å². The quantitative estimate of drug-likeness (QED) is 0.448. The van der Waals surface area contributed by atoms with Gasteiger partial charge in [-0.25, -0.2) is 0 Å². The van der Waals surface area contributed by atoms with Crippen molar-refractivity contribution in [3.63, 3.8) is 0 Å². The Kier molecular flexibility index (Phi) is 4.20. The summed E-state index contributed by atoms with van der Waals surface area (Å²) in [6.07, 6.45) is -0.339. The molecule has 4 heteroatoms. The van der Waals surface area contributed by atoms with Crippen molar-refractivity contribution < 1.29 is 14.4 Å². The van der Waals surface area contributed by atoms with E-state index in [0.717, 1.165) is 0 Å². The summed E-state index contributed by atoms with van der Waals surface area (Å²) < 4.78 is 0.594. The van der Waals surface area contributed by atoms with Gasteiger partial charge in [-0.2, -0.15) is 0 Å². The Morgan fingerprint density at radius 1 is 1.58 bits per heavy atom. The molecule has 1 amide bonds. The normalized spacial score (nSPS) is 14.1. The van der Waals surface area contributed by atoms with Crippen molar-refractivity contribution in [3.8, 4) is 0 Å². The maximum absolute atomic E-state index is 10.6. The number of hydrogen-bond acceptors (Lipinski definition) is 2. The number of hydrogen-bond donors (Lipinski definition) is 2. The average molecular weight is 175 g/mol. The molecule has 0 rings (SSSR count). The Hall–Kier alpha value is -0.610. The van der Waals surface area contributed by atoms with Crippen LogP contribution in [0.1, 0.15) is 13.8 Å². The number of carbonyl (C=O) groups is 1. The highest BCUT2D eigenvalue weighted by atomic mass is 16.3. The standard InChI is InChI=1S/C8H18N2O2/c1-7(11)5-10(3,4)6-9-8(2)12/h7,11H,5-6H2,1-4H3/p+1. The predicted octanol–water partition coefficient (Wildman–Crippen LogP) is -0.463.